The van der Waals surface area contributed by atoms with E-state index in [1.807, 2.05) is 12.4 Å². The number of rotatable bonds is 3. The molecule has 1 N–H and O–H groups in total. The minimum absolute atomic E-state index is 0.487. The first-order valence-corrected chi connectivity index (χ1v) is 6.90. The van der Waals surface area contributed by atoms with E-state index in [-0.39, 0.29) is 0 Å². The number of hydrogen-bond acceptors (Lipinski definition) is 2. The van der Waals surface area contributed by atoms with Crippen LogP contribution in [0.1, 0.15) is 55.7 Å². The lowest BCUT2D eigenvalue weighted by molar-refractivity contribution is 0.341. The largest absolute Gasteiger partial charge is 0.313 e. The summed E-state index contributed by atoms with van der Waals surface area (Å²) in [6, 6.07) is 2.76. The van der Waals surface area contributed by atoms with Crippen LogP contribution in [-0.2, 0) is 0 Å². The number of pyridine rings is 1. The highest BCUT2D eigenvalue weighted by molar-refractivity contribution is 5.20. The smallest absolute Gasteiger partial charge is 0.0361 e. The average molecular weight is 232 g/mol. The Bertz CT molecular complexity index is 341. The monoisotopic (exact) mass is 232 g/mol. The van der Waals surface area contributed by atoms with Gasteiger partial charge in [0.2, 0.25) is 0 Å². The number of aromatic nitrogens is 1. The molecule has 1 aliphatic carbocycles. The molecule has 0 saturated heterocycles. The van der Waals surface area contributed by atoms with Crippen molar-refractivity contribution >= 4 is 0 Å². The van der Waals surface area contributed by atoms with E-state index < -0.39 is 0 Å². The summed E-state index contributed by atoms with van der Waals surface area (Å²) in [4.78, 5) is 4.33. The predicted molar refractivity (Wildman–Crippen MR) is 72.0 cm³/mol. The molecule has 2 heteroatoms. The molecule has 1 fully saturated rings. The SMILES string of the molecule is CNC(c1cncc(C)c1)C1CCCCCC1. The fraction of sp³-hybridized carbons (Fsp3) is 0.667. The van der Waals surface area contributed by atoms with Gasteiger partial charge in [-0.25, -0.2) is 0 Å². The van der Waals surface area contributed by atoms with Gasteiger partial charge < -0.3 is 5.32 Å². The number of nitrogens with one attached hydrogen (secondary N) is 1. The molecule has 0 radical (unpaired) electrons. The van der Waals surface area contributed by atoms with Crippen molar-refractivity contribution in [2.75, 3.05) is 7.05 Å². The van der Waals surface area contributed by atoms with Crippen molar-refractivity contribution in [1.29, 1.82) is 0 Å². The van der Waals surface area contributed by atoms with Crippen molar-refractivity contribution < 1.29 is 0 Å². The quantitative estimate of drug-likeness (QED) is 0.805. The van der Waals surface area contributed by atoms with Crippen molar-refractivity contribution in [2.45, 2.75) is 51.5 Å². The van der Waals surface area contributed by atoms with Crippen LogP contribution in [-0.4, -0.2) is 12.0 Å². The fourth-order valence-corrected chi connectivity index (χ4v) is 3.07. The zero-order valence-corrected chi connectivity index (χ0v) is 11.1. The van der Waals surface area contributed by atoms with E-state index in [1.165, 1.54) is 49.7 Å². The summed E-state index contributed by atoms with van der Waals surface area (Å²) in [6.07, 6.45) is 12.3. The summed E-state index contributed by atoms with van der Waals surface area (Å²) in [5, 5.41) is 3.50. The van der Waals surface area contributed by atoms with Crippen LogP contribution in [0.15, 0.2) is 18.5 Å². The predicted octanol–water partition coefficient (Wildman–Crippen LogP) is 3.62. The molecule has 2 nitrogen and oxygen atoms in total. The second-order valence-corrected chi connectivity index (χ2v) is 5.31. The Hall–Kier alpha value is -0.890. The zero-order chi connectivity index (χ0) is 12.1. The van der Waals surface area contributed by atoms with Gasteiger partial charge in [0.05, 0.1) is 0 Å². The molecule has 1 aromatic rings. The average Bonchev–Trinajstić information content (AvgIpc) is 2.59. The summed E-state index contributed by atoms with van der Waals surface area (Å²) in [5.74, 6) is 0.783. The topological polar surface area (TPSA) is 24.9 Å². The van der Waals surface area contributed by atoms with E-state index in [0.717, 1.165) is 5.92 Å². The molecule has 0 amide bonds. The molecule has 94 valence electrons. The van der Waals surface area contributed by atoms with Gasteiger partial charge in [-0.3, -0.25) is 4.98 Å². The van der Waals surface area contributed by atoms with Crippen molar-refractivity contribution in [3.63, 3.8) is 0 Å². The Kier molecular flexibility index (Phi) is 4.55. The van der Waals surface area contributed by atoms with Gasteiger partial charge in [-0.05, 0) is 43.9 Å². The molecule has 1 unspecified atom stereocenters. The molecule has 0 aromatic carbocycles. The van der Waals surface area contributed by atoms with Gasteiger partial charge in [-0.2, -0.15) is 0 Å². The first-order valence-electron chi connectivity index (χ1n) is 6.90. The maximum atomic E-state index is 4.33. The van der Waals surface area contributed by atoms with E-state index >= 15 is 0 Å². The molecule has 1 saturated carbocycles. The van der Waals surface area contributed by atoms with Crippen LogP contribution in [0, 0.1) is 12.8 Å². The molecule has 1 aromatic heterocycles. The molecule has 2 rings (SSSR count). The third-order valence-corrected chi connectivity index (χ3v) is 3.94. The fourth-order valence-electron chi connectivity index (χ4n) is 3.07. The van der Waals surface area contributed by atoms with Crippen LogP contribution in [0.25, 0.3) is 0 Å². The second kappa shape index (κ2) is 6.15. The van der Waals surface area contributed by atoms with E-state index in [0.29, 0.717) is 6.04 Å². The number of aryl methyl sites for hydroxylation is 1. The molecule has 0 spiro atoms. The molecule has 0 aliphatic heterocycles. The first-order chi connectivity index (χ1) is 8.31. The number of nitrogens with zero attached hydrogens (tertiary/aromatic N) is 1. The Morgan fingerprint density at radius 3 is 2.47 bits per heavy atom. The van der Waals surface area contributed by atoms with Crippen LogP contribution >= 0.6 is 0 Å². The van der Waals surface area contributed by atoms with Gasteiger partial charge in [0.15, 0.2) is 0 Å². The summed E-state index contributed by atoms with van der Waals surface area (Å²) in [6.45, 7) is 2.12. The molecule has 17 heavy (non-hydrogen) atoms. The summed E-state index contributed by atoms with van der Waals surface area (Å²) < 4.78 is 0. The van der Waals surface area contributed by atoms with Crippen LogP contribution in [0.2, 0.25) is 0 Å². The van der Waals surface area contributed by atoms with Gasteiger partial charge in [0.1, 0.15) is 0 Å². The Balaban J connectivity index is 2.14. The zero-order valence-electron chi connectivity index (χ0n) is 11.1. The number of hydrogen-bond donors (Lipinski definition) is 1. The lowest BCUT2D eigenvalue weighted by atomic mass is 9.87. The third kappa shape index (κ3) is 3.29. The van der Waals surface area contributed by atoms with E-state index in [2.05, 4.69) is 30.3 Å². The molecule has 1 atom stereocenters. The minimum atomic E-state index is 0.487. The molecule has 1 aliphatic rings. The van der Waals surface area contributed by atoms with Gasteiger partial charge in [0, 0.05) is 18.4 Å². The maximum absolute atomic E-state index is 4.33. The van der Waals surface area contributed by atoms with Crippen molar-refractivity contribution in [3.8, 4) is 0 Å². The normalized spacial score (nSPS) is 19.9. The molecular weight excluding hydrogens is 208 g/mol. The lowest BCUT2D eigenvalue weighted by Crippen LogP contribution is -2.25. The molecule has 1 heterocycles. The highest BCUT2D eigenvalue weighted by Gasteiger charge is 2.22. The minimum Gasteiger partial charge on any atom is -0.313 e. The van der Waals surface area contributed by atoms with Crippen molar-refractivity contribution in [3.05, 3.63) is 29.6 Å². The Morgan fingerprint density at radius 2 is 1.88 bits per heavy atom. The maximum Gasteiger partial charge on any atom is 0.0361 e. The summed E-state index contributed by atoms with van der Waals surface area (Å²) in [7, 11) is 2.08. The first kappa shape index (κ1) is 12.6. The standard InChI is InChI=1S/C15H24N2/c1-12-9-14(11-17-10-12)15(16-2)13-7-5-3-4-6-8-13/h9-11,13,15-16H,3-8H2,1-2H3. The van der Waals surface area contributed by atoms with Gasteiger partial charge in [-0.1, -0.05) is 31.7 Å². The third-order valence-electron chi connectivity index (χ3n) is 3.94. The van der Waals surface area contributed by atoms with E-state index in [1.54, 1.807) is 0 Å². The highest BCUT2D eigenvalue weighted by Crippen LogP contribution is 2.33. The van der Waals surface area contributed by atoms with E-state index in [9.17, 15) is 0 Å². The summed E-state index contributed by atoms with van der Waals surface area (Å²) in [5.41, 5.74) is 2.62. The highest BCUT2D eigenvalue weighted by atomic mass is 14.9. The molecule has 0 bridgehead atoms. The Morgan fingerprint density at radius 1 is 1.18 bits per heavy atom. The van der Waals surface area contributed by atoms with Crippen molar-refractivity contribution in [2.24, 2.45) is 5.92 Å². The van der Waals surface area contributed by atoms with Crippen LogP contribution < -0.4 is 5.32 Å². The van der Waals surface area contributed by atoms with Crippen molar-refractivity contribution in [1.82, 2.24) is 10.3 Å². The van der Waals surface area contributed by atoms with E-state index in [4.69, 9.17) is 0 Å². The van der Waals surface area contributed by atoms with Crippen LogP contribution in [0.5, 0.6) is 0 Å². The van der Waals surface area contributed by atoms with Gasteiger partial charge in [0.25, 0.3) is 0 Å². The second-order valence-electron chi connectivity index (χ2n) is 5.31. The Labute approximate surface area is 105 Å². The summed E-state index contributed by atoms with van der Waals surface area (Å²) >= 11 is 0. The van der Waals surface area contributed by atoms with Gasteiger partial charge in [-0.15, -0.1) is 0 Å². The lowest BCUT2D eigenvalue weighted by Gasteiger charge is -2.26. The molecular formula is C15H24N2. The van der Waals surface area contributed by atoms with Crippen LogP contribution in [0.3, 0.4) is 0 Å². The van der Waals surface area contributed by atoms with Crippen LogP contribution in [0.4, 0.5) is 0 Å². The van der Waals surface area contributed by atoms with Gasteiger partial charge >= 0.3 is 0 Å².